The lowest BCUT2D eigenvalue weighted by molar-refractivity contribution is -0.134. The Kier molecular flexibility index (Phi) is 13.7. The Bertz CT molecular complexity index is 1180. The van der Waals surface area contributed by atoms with E-state index in [0.29, 0.717) is 23.9 Å². The van der Waals surface area contributed by atoms with Crippen LogP contribution in [0.3, 0.4) is 0 Å². The summed E-state index contributed by atoms with van der Waals surface area (Å²) in [7, 11) is 12.1. The first-order chi connectivity index (χ1) is 19.8. The lowest BCUT2D eigenvalue weighted by atomic mass is 10.2. The highest BCUT2D eigenvalue weighted by molar-refractivity contribution is 7.81. The monoisotopic (exact) mass is 618 g/mol. The van der Waals surface area contributed by atoms with Crippen molar-refractivity contribution in [2.24, 2.45) is 0 Å². The van der Waals surface area contributed by atoms with Crippen LogP contribution in [0.4, 0.5) is 0 Å². The number of ether oxygens (including phenoxy) is 2. The molecule has 0 amide bonds. The van der Waals surface area contributed by atoms with Crippen molar-refractivity contribution in [3.8, 4) is 11.8 Å². The van der Waals surface area contributed by atoms with Crippen LogP contribution in [0, 0.1) is 0 Å². The van der Waals surface area contributed by atoms with Crippen molar-refractivity contribution in [1.82, 2.24) is 29.6 Å². The molecule has 0 bridgehead atoms. The zero-order chi connectivity index (χ0) is 31.4. The number of carboxylic acid groups (broad SMARTS) is 2. The Morgan fingerprint density at radius 3 is 1.50 bits per heavy atom. The largest absolute Gasteiger partial charge is 0.478 e. The number of thiocarbonyl (C=S) groups is 2. The Morgan fingerprint density at radius 2 is 1.19 bits per heavy atom. The summed E-state index contributed by atoms with van der Waals surface area (Å²) in [5.74, 6) is -1.22. The normalized spacial score (nSPS) is 17.9. The molecule has 2 aromatic rings. The molecule has 2 N–H and O–H groups in total. The fraction of sp³-hybridized carbons (Fsp3) is 0.429. The molecule has 14 heteroatoms. The molecule has 2 aromatic heterocycles. The van der Waals surface area contributed by atoms with Gasteiger partial charge in [0.15, 0.2) is 0 Å². The van der Waals surface area contributed by atoms with Gasteiger partial charge in [0.25, 0.3) is 0 Å². The number of pyridine rings is 2. The van der Waals surface area contributed by atoms with Crippen LogP contribution in [-0.2, 0) is 9.59 Å². The van der Waals surface area contributed by atoms with Crippen LogP contribution >= 0.6 is 24.4 Å². The topological polar surface area (TPSA) is 132 Å². The van der Waals surface area contributed by atoms with Crippen LogP contribution in [0.1, 0.15) is 11.1 Å². The van der Waals surface area contributed by atoms with E-state index < -0.39 is 11.9 Å². The van der Waals surface area contributed by atoms with Gasteiger partial charge in [0.1, 0.15) is 22.2 Å². The van der Waals surface area contributed by atoms with E-state index in [1.54, 1.807) is 12.4 Å². The van der Waals surface area contributed by atoms with Crippen LogP contribution in [0.25, 0.3) is 0 Å². The number of aromatic nitrogens is 2. The predicted molar refractivity (Wildman–Crippen MR) is 167 cm³/mol. The molecule has 0 saturated heterocycles. The lowest BCUT2D eigenvalue weighted by Crippen LogP contribution is -2.39. The molecule has 2 unspecified atom stereocenters. The van der Waals surface area contributed by atoms with E-state index in [1.807, 2.05) is 66.6 Å². The number of aliphatic carboxylic acids is 2. The van der Waals surface area contributed by atoms with E-state index in [9.17, 15) is 9.59 Å². The van der Waals surface area contributed by atoms with Gasteiger partial charge in [0.05, 0.1) is 24.2 Å². The minimum absolute atomic E-state index is 0.0871. The van der Waals surface area contributed by atoms with E-state index in [4.69, 9.17) is 44.1 Å². The molecular formula is C28H38N6O6S2. The molecular weight excluding hydrogens is 580 g/mol. The third kappa shape index (κ3) is 11.3. The maximum Gasteiger partial charge on any atom is 0.328 e. The maximum absolute atomic E-state index is 9.55. The molecule has 0 spiro atoms. The maximum atomic E-state index is 9.55. The second-order valence-electron chi connectivity index (χ2n) is 10.1. The van der Waals surface area contributed by atoms with E-state index >= 15 is 0 Å². The third-order valence-electron chi connectivity index (χ3n) is 5.71. The highest BCUT2D eigenvalue weighted by atomic mass is 32.1. The summed E-state index contributed by atoms with van der Waals surface area (Å²) in [5.41, 5.74) is 1.82. The fourth-order valence-electron chi connectivity index (χ4n) is 4.02. The number of carboxylic acids is 2. The fourth-order valence-corrected chi connectivity index (χ4v) is 4.48. The number of likely N-dealkylation sites (N-methyl/N-ethyl adjacent to an activating group) is 4. The van der Waals surface area contributed by atoms with Gasteiger partial charge in [-0.25, -0.2) is 19.6 Å². The van der Waals surface area contributed by atoms with E-state index in [1.165, 1.54) is 0 Å². The van der Waals surface area contributed by atoms with E-state index in [-0.39, 0.29) is 12.2 Å². The Morgan fingerprint density at radius 1 is 0.833 bits per heavy atom. The molecule has 0 aliphatic carbocycles. The average Bonchev–Trinajstić information content (AvgIpc) is 3.10. The zero-order valence-electron chi connectivity index (χ0n) is 24.6. The lowest BCUT2D eigenvalue weighted by Gasteiger charge is -2.23. The number of hydrogen-bond acceptors (Lipinski definition) is 10. The number of nitrogens with zero attached hydrogens (tertiary/aromatic N) is 6. The zero-order valence-corrected chi connectivity index (χ0v) is 26.3. The highest BCUT2D eigenvalue weighted by Crippen LogP contribution is 2.23. The summed E-state index contributed by atoms with van der Waals surface area (Å²) in [5, 5.41) is 15.6. The van der Waals surface area contributed by atoms with E-state index in [2.05, 4.69) is 29.6 Å². The van der Waals surface area contributed by atoms with Gasteiger partial charge in [0.2, 0.25) is 11.8 Å². The van der Waals surface area contributed by atoms with Crippen molar-refractivity contribution in [2.75, 3.05) is 68.5 Å². The van der Waals surface area contributed by atoms with Crippen molar-refractivity contribution in [3.05, 3.63) is 59.9 Å². The summed E-state index contributed by atoms with van der Waals surface area (Å²) < 4.78 is 11.9. The van der Waals surface area contributed by atoms with Gasteiger partial charge in [-0.15, -0.1) is 0 Å². The molecule has 2 aliphatic rings. The molecule has 0 fully saturated rings. The number of carbonyl (C=O) groups is 2. The minimum Gasteiger partial charge on any atom is -0.478 e. The number of fused-ring (bicyclic) bond motifs is 2. The first kappa shape index (κ1) is 34.5. The molecule has 2 atom stereocenters. The van der Waals surface area contributed by atoms with Crippen LogP contribution in [-0.4, -0.2) is 142 Å². The van der Waals surface area contributed by atoms with E-state index in [0.717, 1.165) is 47.3 Å². The summed E-state index contributed by atoms with van der Waals surface area (Å²) in [6.45, 7) is 3.27. The predicted octanol–water partition coefficient (Wildman–Crippen LogP) is 1.73. The summed E-state index contributed by atoms with van der Waals surface area (Å²) in [4.78, 5) is 37.6. The van der Waals surface area contributed by atoms with Crippen LogP contribution in [0.15, 0.2) is 48.8 Å². The molecule has 12 nitrogen and oxygen atoms in total. The van der Waals surface area contributed by atoms with Gasteiger partial charge < -0.3 is 39.3 Å². The summed E-state index contributed by atoms with van der Waals surface area (Å²) in [6, 6.07) is 7.68. The Hall–Kier alpha value is -3.72. The van der Waals surface area contributed by atoms with Gasteiger partial charge in [-0.2, -0.15) is 0 Å². The molecule has 0 aromatic carbocycles. The molecule has 42 heavy (non-hydrogen) atoms. The van der Waals surface area contributed by atoms with Gasteiger partial charge >= 0.3 is 11.9 Å². The molecule has 0 radical (unpaired) electrons. The standard InChI is InChI=1S/2C12H17N3OS.C4H4O4/c2*1-14(2)7-9-8-15(3)12(17)10-5-4-6-13-11(10)16-9;5-3(6)1-2-4(7)8/h2*4-6,9H,7-8H2,1-3H3;1-2H,(H,5,6)(H,7,8)/b;;2-1+. The molecule has 4 rings (SSSR count). The first-order valence-corrected chi connectivity index (χ1v) is 13.8. The Balaban J connectivity index is 0.000000236. The van der Waals surface area contributed by atoms with Crippen molar-refractivity contribution in [2.45, 2.75) is 12.2 Å². The average molecular weight is 619 g/mol. The SMILES string of the molecule is CN(C)CC1CN(C)C(=S)c2cccnc2O1.CN(C)CC1CN(C)C(=S)c2cccnc2O1.O=C(O)/C=C/C(=O)O. The molecule has 2 aliphatic heterocycles. The van der Waals surface area contributed by atoms with Crippen molar-refractivity contribution >= 4 is 46.4 Å². The first-order valence-electron chi connectivity index (χ1n) is 13.0. The van der Waals surface area contributed by atoms with Gasteiger partial charge in [0, 0.05) is 51.7 Å². The minimum atomic E-state index is -1.26. The van der Waals surface area contributed by atoms with Crippen molar-refractivity contribution < 1.29 is 29.3 Å². The molecule has 228 valence electrons. The van der Waals surface area contributed by atoms with Crippen LogP contribution in [0.5, 0.6) is 11.8 Å². The Labute approximate surface area is 257 Å². The smallest absolute Gasteiger partial charge is 0.328 e. The third-order valence-corrected chi connectivity index (χ3v) is 6.78. The highest BCUT2D eigenvalue weighted by Gasteiger charge is 2.26. The summed E-state index contributed by atoms with van der Waals surface area (Å²) >= 11 is 10.9. The second-order valence-corrected chi connectivity index (χ2v) is 10.9. The van der Waals surface area contributed by atoms with Crippen molar-refractivity contribution in [3.63, 3.8) is 0 Å². The molecule has 4 heterocycles. The molecule has 0 saturated carbocycles. The second kappa shape index (κ2) is 16.7. The van der Waals surface area contributed by atoms with Gasteiger partial charge in [-0.1, -0.05) is 24.4 Å². The van der Waals surface area contributed by atoms with Crippen LogP contribution in [0.2, 0.25) is 0 Å². The van der Waals surface area contributed by atoms with Gasteiger partial charge in [-0.3, -0.25) is 0 Å². The number of hydrogen-bond donors (Lipinski definition) is 2. The summed E-state index contributed by atoms with van der Waals surface area (Å²) in [6.07, 6.45) is 4.76. The quantitative estimate of drug-likeness (QED) is 0.360. The van der Waals surface area contributed by atoms with Crippen LogP contribution < -0.4 is 9.47 Å². The number of rotatable bonds is 6. The van der Waals surface area contributed by atoms with Gasteiger partial charge in [-0.05, 0) is 52.5 Å². The van der Waals surface area contributed by atoms with Crippen molar-refractivity contribution in [1.29, 1.82) is 0 Å².